The highest BCUT2D eigenvalue weighted by molar-refractivity contribution is 5.25. The minimum absolute atomic E-state index is 0.0164. The summed E-state index contributed by atoms with van der Waals surface area (Å²) in [7, 11) is 0. The van der Waals surface area contributed by atoms with Gasteiger partial charge in [-0.15, -0.1) is 0 Å². The van der Waals surface area contributed by atoms with Crippen LogP contribution in [0.15, 0.2) is 12.3 Å². The molecule has 0 unspecified atom stereocenters. The van der Waals surface area contributed by atoms with Crippen molar-refractivity contribution in [3.63, 3.8) is 0 Å². The Morgan fingerprint density at radius 1 is 1.35 bits per heavy atom. The number of rotatable bonds is 2. The number of alkyl halides is 3. The second-order valence-corrected chi connectivity index (χ2v) is 4.84. The molecule has 1 aromatic rings. The number of nitrogens with zero attached hydrogens (tertiary/aromatic N) is 1. The standard InChI is InChI=1S/C12H13F4N/c1-6(2)8-4-9(8)11-10(13)3-7(5-17-11)12(14,15)16/h3,5-6,8-9H,4H2,1-2H3/t8-,9+/m1/s1. The summed E-state index contributed by atoms with van der Waals surface area (Å²) in [5.74, 6) is -0.109. The van der Waals surface area contributed by atoms with E-state index >= 15 is 0 Å². The average Bonchev–Trinajstić information content (AvgIpc) is 2.95. The SMILES string of the molecule is CC(C)[C@H]1C[C@@H]1c1ncc(C(F)(F)F)cc1F. The maximum atomic E-state index is 13.5. The summed E-state index contributed by atoms with van der Waals surface area (Å²) in [5.41, 5.74) is -0.850. The minimum atomic E-state index is -4.53. The molecule has 1 aromatic heterocycles. The summed E-state index contributed by atoms with van der Waals surface area (Å²) >= 11 is 0. The van der Waals surface area contributed by atoms with E-state index in [1.54, 1.807) is 0 Å². The molecule has 1 aliphatic carbocycles. The Balaban J connectivity index is 2.22. The van der Waals surface area contributed by atoms with Crippen molar-refractivity contribution in [3.05, 3.63) is 29.3 Å². The molecule has 2 rings (SSSR count). The van der Waals surface area contributed by atoms with Gasteiger partial charge in [0.05, 0.1) is 11.3 Å². The average molecular weight is 247 g/mol. The van der Waals surface area contributed by atoms with Crippen LogP contribution in [0.3, 0.4) is 0 Å². The van der Waals surface area contributed by atoms with E-state index in [9.17, 15) is 17.6 Å². The molecule has 0 saturated heterocycles. The molecule has 0 N–H and O–H groups in total. The first-order valence-electron chi connectivity index (χ1n) is 5.53. The van der Waals surface area contributed by atoms with Crippen LogP contribution in [0.1, 0.15) is 37.4 Å². The van der Waals surface area contributed by atoms with Crippen LogP contribution >= 0.6 is 0 Å². The lowest BCUT2D eigenvalue weighted by Crippen LogP contribution is -2.08. The van der Waals surface area contributed by atoms with Crippen molar-refractivity contribution < 1.29 is 17.6 Å². The molecule has 0 spiro atoms. The fourth-order valence-corrected chi connectivity index (χ4v) is 2.14. The molecule has 1 aliphatic rings. The van der Waals surface area contributed by atoms with Gasteiger partial charge in [-0.25, -0.2) is 4.39 Å². The Bertz CT molecular complexity index is 425. The van der Waals surface area contributed by atoms with Gasteiger partial charge in [-0.1, -0.05) is 13.8 Å². The van der Waals surface area contributed by atoms with Gasteiger partial charge >= 0.3 is 6.18 Å². The van der Waals surface area contributed by atoms with Gasteiger partial charge in [0.15, 0.2) is 0 Å². The second kappa shape index (κ2) is 3.96. The molecule has 0 bridgehead atoms. The van der Waals surface area contributed by atoms with Gasteiger partial charge in [0, 0.05) is 12.1 Å². The zero-order valence-corrected chi connectivity index (χ0v) is 9.55. The zero-order valence-electron chi connectivity index (χ0n) is 9.55. The Morgan fingerprint density at radius 3 is 2.41 bits per heavy atom. The summed E-state index contributed by atoms with van der Waals surface area (Å²) in [4.78, 5) is 3.64. The van der Waals surface area contributed by atoms with Crippen LogP contribution in [0.25, 0.3) is 0 Å². The Morgan fingerprint density at radius 2 is 2.00 bits per heavy atom. The van der Waals surface area contributed by atoms with Crippen molar-refractivity contribution in [1.29, 1.82) is 0 Å². The Labute approximate surface area is 96.9 Å². The summed E-state index contributed by atoms with van der Waals surface area (Å²) in [5, 5.41) is 0. The minimum Gasteiger partial charge on any atom is -0.257 e. The lowest BCUT2D eigenvalue weighted by Gasteiger charge is -2.08. The van der Waals surface area contributed by atoms with Crippen molar-refractivity contribution in [1.82, 2.24) is 4.98 Å². The molecule has 94 valence electrons. The third-order valence-corrected chi connectivity index (χ3v) is 3.24. The van der Waals surface area contributed by atoms with Crippen LogP contribution in [-0.4, -0.2) is 4.98 Å². The number of aromatic nitrogens is 1. The largest absolute Gasteiger partial charge is 0.417 e. The normalized spacial score (nSPS) is 24.2. The van der Waals surface area contributed by atoms with Crippen molar-refractivity contribution >= 4 is 0 Å². The molecular formula is C12H13F4N. The molecule has 1 heterocycles. The van der Waals surface area contributed by atoms with Gasteiger partial charge in [0.25, 0.3) is 0 Å². The van der Waals surface area contributed by atoms with Crippen molar-refractivity contribution in [2.75, 3.05) is 0 Å². The number of hydrogen-bond acceptors (Lipinski definition) is 1. The highest BCUT2D eigenvalue weighted by atomic mass is 19.4. The third-order valence-electron chi connectivity index (χ3n) is 3.24. The Hall–Kier alpha value is -1.13. The highest BCUT2D eigenvalue weighted by Gasteiger charge is 2.43. The van der Waals surface area contributed by atoms with Crippen LogP contribution in [0, 0.1) is 17.7 Å². The van der Waals surface area contributed by atoms with Crippen molar-refractivity contribution in [2.24, 2.45) is 11.8 Å². The molecule has 17 heavy (non-hydrogen) atoms. The third kappa shape index (κ3) is 2.42. The van der Waals surface area contributed by atoms with E-state index in [1.807, 2.05) is 13.8 Å². The molecule has 0 aliphatic heterocycles. The van der Waals surface area contributed by atoms with Crippen molar-refractivity contribution in [3.8, 4) is 0 Å². The lowest BCUT2D eigenvalue weighted by atomic mass is 10.1. The summed E-state index contributed by atoms with van der Waals surface area (Å²) in [6.07, 6.45) is -3.01. The molecule has 1 nitrogen and oxygen atoms in total. The number of halogens is 4. The van der Waals surface area contributed by atoms with E-state index in [0.29, 0.717) is 24.1 Å². The highest BCUT2D eigenvalue weighted by Crippen LogP contribution is 2.51. The molecule has 1 fully saturated rings. The van der Waals surface area contributed by atoms with Gasteiger partial charge in [-0.2, -0.15) is 13.2 Å². The van der Waals surface area contributed by atoms with Gasteiger partial charge in [0.2, 0.25) is 0 Å². The zero-order chi connectivity index (χ0) is 12.8. The molecule has 2 atom stereocenters. The molecule has 0 amide bonds. The first-order valence-corrected chi connectivity index (χ1v) is 5.53. The quantitative estimate of drug-likeness (QED) is 0.720. The summed E-state index contributed by atoms with van der Waals surface area (Å²) < 4.78 is 50.5. The first kappa shape index (κ1) is 12.3. The predicted molar refractivity (Wildman–Crippen MR) is 54.9 cm³/mol. The number of hydrogen-bond donors (Lipinski definition) is 0. The van der Waals surface area contributed by atoms with Crippen LogP contribution < -0.4 is 0 Å². The fraction of sp³-hybridized carbons (Fsp3) is 0.583. The van der Waals surface area contributed by atoms with Crippen LogP contribution in [0.2, 0.25) is 0 Å². The smallest absolute Gasteiger partial charge is 0.257 e. The van der Waals surface area contributed by atoms with E-state index in [-0.39, 0.29) is 11.6 Å². The lowest BCUT2D eigenvalue weighted by molar-refractivity contribution is -0.138. The van der Waals surface area contributed by atoms with E-state index in [1.165, 1.54) is 0 Å². The van der Waals surface area contributed by atoms with E-state index in [2.05, 4.69) is 4.98 Å². The van der Waals surface area contributed by atoms with E-state index < -0.39 is 17.6 Å². The Kier molecular flexibility index (Phi) is 2.87. The second-order valence-electron chi connectivity index (χ2n) is 4.84. The molecule has 5 heteroatoms. The topological polar surface area (TPSA) is 12.9 Å². The van der Waals surface area contributed by atoms with E-state index in [0.717, 1.165) is 6.42 Å². The van der Waals surface area contributed by atoms with E-state index in [4.69, 9.17) is 0 Å². The monoisotopic (exact) mass is 247 g/mol. The molecule has 1 saturated carbocycles. The maximum Gasteiger partial charge on any atom is 0.417 e. The van der Waals surface area contributed by atoms with Gasteiger partial charge < -0.3 is 0 Å². The summed E-state index contributed by atoms with van der Waals surface area (Å²) in [6.45, 7) is 4.04. The fourth-order valence-electron chi connectivity index (χ4n) is 2.14. The first-order chi connectivity index (χ1) is 7.80. The predicted octanol–water partition coefficient (Wildman–Crippen LogP) is 4.00. The molecule has 0 radical (unpaired) electrons. The van der Waals surface area contributed by atoms with Gasteiger partial charge in [0.1, 0.15) is 5.82 Å². The van der Waals surface area contributed by atoms with Crippen LogP contribution in [0.4, 0.5) is 17.6 Å². The summed E-state index contributed by atoms with van der Waals surface area (Å²) in [6, 6.07) is 0.540. The molecule has 0 aromatic carbocycles. The molecular weight excluding hydrogens is 234 g/mol. The van der Waals surface area contributed by atoms with Crippen LogP contribution in [0.5, 0.6) is 0 Å². The van der Waals surface area contributed by atoms with Gasteiger partial charge in [-0.05, 0) is 24.3 Å². The number of pyridine rings is 1. The van der Waals surface area contributed by atoms with Gasteiger partial charge in [-0.3, -0.25) is 4.98 Å². The van der Waals surface area contributed by atoms with Crippen molar-refractivity contribution in [2.45, 2.75) is 32.4 Å². The van der Waals surface area contributed by atoms with Crippen LogP contribution in [-0.2, 0) is 6.18 Å². The maximum absolute atomic E-state index is 13.5.